The third-order valence-corrected chi connectivity index (χ3v) is 1.81. The number of carbonyl (C=O) groups is 1. The highest BCUT2D eigenvalue weighted by Crippen LogP contribution is 2.01. The van der Waals surface area contributed by atoms with E-state index in [4.69, 9.17) is 5.73 Å². The molecular formula is C9H10N6O. The van der Waals surface area contributed by atoms with Crippen molar-refractivity contribution in [3.63, 3.8) is 0 Å². The Kier molecular flexibility index (Phi) is 2.77. The Morgan fingerprint density at radius 1 is 1.44 bits per heavy atom. The predicted molar refractivity (Wildman–Crippen MR) is 57.3 cm³/mol. The van der Waals surface area contributed by atoms with Gasteiger partial charge in [-0.15, -0.1) is 0 Å². The molecule has 2 aromatic rings. The fourth-order valence-electron chi connectivity index (χ4n) is 1.18. The maximum atomic E-state index is 11.5. The van der Waals surface area contributed by atoms with E-state index in [-0.39, 0.29) is 12.5 Å². The number of rotatable bonds is 3. The monoisotopic (exact) mass is 218 g/mol. The SMILES string of the molecule is Nc1ccn(CC(=O)Nc2cncnc2)n1. The Morgan fingerprint density at radius 3 is 2.81 bits per heavy atom. The van der Waals surface area contributed by atoms with Crippen LogP contribution in [-0.2, 0) is 11.3 Å². The Morgan fingerprint density at radius 2 is 2.19 bits per heavy atom. The lowest BCUT2D eigenvalue weighted by atomic mass is 10.5. The molecule has 0 aliphatic rings. The van der Waals surface area contributed by atoms with E-state index in [1.165, 1.54) is 23.4 Å². The van der Waals surface area contributed by atoms with Gasteiger partial charge in [0, 0.05) is 6.20 Å². The van der Waals surface area contributed by atoms with Crippen molar-refractivity contribution >= 4 is 17.4 Å². The molecule has 2 aromatic heterocycles. The lowest BCUT2D eigenvalue weighted by molar-refractivity contribution is -0.116. The summed E-state index contributed by atoms with van der Waals surface area (Å²) in [6, 6.07) is 1.62. The summed E-state index contributed by atoms with van der Waals surface area (Å²) >= 11 is 0. The van der Waals surface area contributed by atoms with E-state index in [9.17, 15) is 4.79 Å². The highest BCUT2D eigenvalue weighted by Gasteiger charge is 2.04. The zero-order valence-corrected chi connectivity index (χ0v) is 8.37. The third-order valence-electron chi connectivity index (χ3n) is 1.81. The van der Waals surface area contributed by atoms with Crippen molar-refractivity contribution in [1.82, 2.24) is 19.7 Å². The van der Waals surface area contributed by atoms with Crippen molar-refractivity contribution in [3.8, 4) is 0 Å². The minimum Gasteiger partial charge on any atom is -0.382 e. The van der Waals surface area contributed by atoms with Gasteiger partial charge in [0.1, 0.15) is 18.7 Å². The second-order valence-corrected chi connectivity index (χ2v) is 3.11. The van der Waals surface area contributed by atoms with Crippen LogP contribution >= 0.6 is 0 Å². The number of nitrogens with two attached hydrogens (primary N) is 1. The van der Waals surface area contributed by atoms with E-state index in [2.05, 4.69) is 20.4 Å². The first-order valence-electron chi connectivity index (χ1n) is 4.58. The van der Waals surface area contributed by atoms with Crippen LogP contribution in [0.4, 0.5) is 11.5 Å². The average molecular weight is 218 g/mol. The van der Waals surface area contributed by atoms with Crippen molar-refractivity contribution in [3.05, 3.63) is 31.0 Å². The number of aromatic nitrogens is 4. The highest BCUT2D eigenvalue weighted by molar-refractivity contribution is 5.90. The van der Waals surface area contributed by atoms with E-state index in [0.29, 0.717) is 11.5 Å². The van der Waals surface area contributed by atoms with E-state index in [1.807, 2.05) is 0 Å². The minimum atomic E-state index is -0.210. The molecule has 0 fully saturated rings. The zero-order valence-electron chi connectivity index (χ0n) is 8.37. The molecule has 0 bridgehead atoms. The van der Waals surface area contributed by atoms with Gasteiger partial charge in [-0.1, -0.05) is 0 Å². The van der Waals surface area contributed by atoms with E-state index in [1.54, 1.807) is 12.3 Å². The number of anilines is 2. The average Bonchev–Trinajstić information content (AvgIpc) is 2.65. The predicted octanol–water partition coefficient (Wildman–Crippen LogP) is -0.106. The number of hydrogen-bond donors (Lipinski definition) is 2. The summed E-state index contributed by atoms with van der Waals surface area (Å²) in [5, 5.41) is 6.53. The number of nitrogen functional groups attached to an aromatic ring is 1. The molecule has 3 N–H and O–H groups in total. The molecule has 0 aliphatic carbocycles. The Bertz CT molecular complexity index is 480. The fraction of sp³-hybridized carbons (Fsp3) is 0.111. The summed E-state index contributed by atoms with van der Waals surface area (Å²) in [6.07, 6.45) is 6.06. The molecule has 0 unspecified atom stereocenters. The fourth-order valence-corrected chi connectivity index (χ4v) is 1.18. The normalized spacial score (nSPS) is 10.0. The van der Waals surface area contributed by atoms with Crippen LogP contribution in [-0.4, -0.2) is 25.7 Å². The Hall–Kier alpha value is -2.44. The van der Waals surface area contributed by atoms with Gasteiger partial charge in [0.2, 0.25) is 5.91 Å². The molecule has 16 heavy (non-hydrogen) atoms. The van der Waals surface area contributed by atoms with Crippen LogP contribution < -0.4 is 11.1 Å². The molecule has 0 atom stereocenters. The van der Waals surface area contributed by atoms with Gasteiger partial charge in [-0.3, -0.25) is 9.48 Å². The quantitative estimate of drug-likeness (QED) is 0.749. The molecule has 0 aliphatic heterocycles. The third kappa shape index (κ3) is 2.53. The van der Waals surface area contributed by atoms with Crippen LogP contribution in [0.25, 0.3) is 0 Å². The number of nitrogens with one attached hydrogen (secondary N) is 1. The van der Waals surface area contributed by atoms with Crippen LogP contribution in [0.1, 0.15) is 0 Å². The van der Waals surface area contributed by atoms with Crippen molar-refractivity contribution in [1.29, 1.82) is 0 Å². The number of amides is 1. The first kappa shape index (κ1) is 10.1. The van der Waals surface area contributed by atoms with Crippen molar-refractivity contribution in [2.24, 2.45) is 0 Å². The molecule has 0 aromatic carbocycles. The van der Waals surface area contributed by atoms with Crippen molar-refractivity contribution < 1.29 is 4.79 Å². The summed E-state index contributed by atoms with van der Waals surface area (Å²) in [5.41, 5.74) is 5.97. The second-order valence-electron chi connectivity index (χ2n) is 3.11. The first-order chi connectivity index (χ1) is 7.74. The molecule has 2 heterocycles. The Balaban J connectivity index is 1.95. The van der Waals surface area contributed by atoms with Gasteiger partial charge in [-0.25, -0.2) is 9.97 Å². The van der Waals surface area contributed by atoms with Gasteiger partial charge in [-0.2, -0.15) is 5.10 Å². The second kappa shape index (κ2) is 4.39. The molecule has 0 spiro atoms. The maximum Gasteiger partial charge on any atom is 0.246 e. The molecule has 2 rings (SSSR count). The number of nitrogens with zero attached hydrogens (tertiary/aromatic N) is 4. The molecule has 82 valence electrons. The summed E-state index contributed by atoms with van der Waals surface area (Å²) in [4.78, 5) is 19.1. The van der Waals surface area contributed by atoms with Gasteiger partial charge in [-0.05, 0) is 6.07 Å². The van der Waals surface area contributed by atoms with Crippen LogP contribution in [0.3, 0.4) is 0 Å². The van der Waals surface area contributed by atoms with Gasteiger partial charge in [0.25, 0.3) is 0 Å². The smallest absolute Gasteiger partial charge is 0.246 e. The van der Waals surface area contributed by atoms with Gasteiger partial charge in [0.05, 0.1) is 18.1 Å². The van der Waals surface area contributed by atoms with Crippen LogP contribution in [0.5, 0.6) is 0 Å². The lowest BCUT2D eigenvalue weighted by Crippen LogP contribution is -2.19. The minimum absolute atomic E-state index is 0.103. The molecule has 0 saturated carbocycles. The summed E-state index contributed by atoms with van der Waals surface area (Å²) in [6.45, 7) is 0.103. The maximum absolute atomic E-state index is 11.5. The number of hydrogen-bond acceptors (Lipinski definition) is 5. The highest BCUT2D eigenvalue weighted by atomic mass is 16.2. The van der Waals surface area contributed by atoms with Crippen molar-refractivity contribution in [2.45, 2.75) is 6.54 Å². The Labute approximate surface area is 91.3 Å². The summed E-state index contributed by atoms with van der Waals surface area (Å²) < 4.78 is 1.45. The van der Waals surface area contributed by atoms with Crippen LogP contribution in [0.2, 0.25) is 0 Å². The molecule has 0 radical (unpaired) electrons. The molecular weight excluding hydrogens is 208 g/mol. The van der Waals surface area contributed by atoms with E-state index >= 15 is 0 Å². The number of carbonyl (C=O) groups excluding carboxylic acids is 1. The summed E-state index contributed by atoms with van der Waals surface area (Å²) in [7, 11) is 0. The van der Waals surface area contributed by atoms with Crippen molar-refractivity contribution in [2.75, 3.05) is 11.1 Å². The molecule has 7 heteroatoms. The van der Waals surface area contributed by atoms with Crippen LogP contribution in [0, 0.1) is 0 Å². The molecule has 7 nitrogen and oxygen atoms in total. The standard InChI is InChI=1S/C9H10N6O/c10-8-1-2-15(14-8)5-9(16)13-7-3-11-6-12-4-7/h1-4,6H,5H2,(H2,10,14)(H,13,16). The molecule has 1 amide bonds. The first-order valence-corrected chi connectivity index (χ1v) is 4.58. The zero-order chi connectivity index (χ0) is 11.4. The lowest BCUT2D eigenvalue weighted by Gasteiger charge is -2.03. The van der Waals surface area contributed by atoms with E-state index in [0.717, 1.165) is 0 Å². The van der Waals surface area contributed by atoms with E-state index < -0.39 is 0 Å². The van der Waals surface area contributed by atoms with Crippen LogP contribution in [0.15, 0.2) is 31.0 Å². The van der Waals surface area contributed by atoms with Gasteiger partial charge >= 0.3 is 0 Å². The summed E-state index contributed by atoms with van der Waals surface area (Å²) in [5.74, 6) is 0.175. The topological polar surface area (TPSA) is 98.7 Å². The van der Waals surface area contributed by atoms with Gasteiger partial charge in [0.15, 0.2) is 0 Å². The largest absolute Gasteiger partial charge is 0.382 e. The van der Waals surface area contributed by atoms with Gasteiger partial charge < -0.3 is 11.1 Å². The molecule has 0 saturated heterocycles.